The molecule has 0 bridgehead atoms. The van der Waals surface area contributed by atoms with Crippen LogP contribution in [0.2, 0.25) is 0 Å². The molecule has 0 atom stereocenters. The van der Waals surface area contributed by atoms with Crippen molar-refractivity contribution in [2.24, 2.45) is 0 Å². The Kier molecular flexibility index (Phi) is 4.32. The number of ketones is 1. The number of carboxylic acid groups (broad SMARTS) is 2. The van der Waals surface area contributed by atoms with Gasteiger partial charge in [-0.3, -0.25) is 4.79 Å². The Morgan fingerprint density at radius 2 is 1.55 bits per heavy atom. The minimum absolute atomic E-state index is 0.100. The smallest absolute Gasteiger partial charge is 0.336 e. The van der Waals surface area contributed by atoms with E-state index in [0.717, 1.165) is 17.7 Å². The molecule has 0 saturated carbocycles. The molecule has 0 spiro atoms. The number of rotatable bonds is 4. The topological polar surface area (TPSA) is 91.7 Å². The molecule has 5 nitrogen and oxygen atoms in total. The number of thiol groups is 1. The van der Waals surface area contributed by atoms with Gasteiger partial charge in [0.05, 0.1) is 11.1 Å². The van der Waals surface area contributed by atoms with Crippen LogP contribution in [0.5, 0.6) is 0 Å². The average Bonchev–Trinajstić information content (AvgIpc) is 2.48. The Morgan fingerprint density at radius 3 is 2.14 bits per heavy atom. The van der Waals surface area contributed by atoms with E-state index in [1.807, 2.05) is 0 Å². The zero-order valence-electron chi connectivity index (χ0n) is 11.5. The van der Waals surface area contributed by atoms with E-state index in [1.165, 1.54) is 6.07 Å². The molecule has 112 valence electrons. The van der Waals surface area contributed by atoms with Crippen molar-refractivity contribution in [1.82, 2.24) is 0 Å². The SMILES string of the molecule is Cc1cccc(C(=O)c2ccc(C(=O)O)c(C(=O)O)c2)c1S. The first-order valence-corrected chi connectivity index (χ1v) is 6.71. The van der Waals surface area contributed by atoms with Gasteiger partial charge in [-0.05, 0) is 30.7 Å². The third kappa shape index (κ3) is 2.87. The standard InChI is InChI=1S/C16H12O5S/c1-8-3-2-4-11(14(8)22)13(17)9-5-6-10(15(18)19)12(7-9)16(20)21/h2-7,22H,1H3,(H,18,19)(H,20,21). The van der Waals surface area contributed by atoms with Crippen LogP contribution in [-0.2, 0) is 0 Å². The van der Waals surface area contributed by atoms with Gasteiger partial charge in [0, 0.05) is 16.0 Å². The van der Waals surface area contributed by atoms with Crippen LogP contribution in [-0.4, -0.2) is 27.9 Å². The van der Waals surface area contributed by atoms with E-state index in [4.69, 9.17) is 10.2 Å². The molecule has 22 heavy (non-hydrogen) atoms. The summed E-state index contributed by atoms with van der Waals surface area (Å²) in [5.74, 6) is -3.17. The van der Waals surface area contributed by atoms with E-state index in [9.17, 15) is 14.4 Å². The summed E-state index contributed by atoms with van der Waals surface area (Å²) in [6.45, 7) is 1.80. The summed E-state index contributed by atoms with van der Waals surface area (Å²) in [4.78, 5) is 35.2. The summed E-state index contributed by atoms with van der Waals surface area (Å²) in [5.41, 5.74) is 0.465. The highest BCUT2D eigenvalue weighted by Crippen LogP contribution is 2.23. The molecular formula is C16H12O5S. The fraction of sp³-hybridized carbons (Fsp3) is 0.0625. The number of carbonyl (C=O) groups is 3. The number of hydrogen-bond donors (Lipinski definition) is 3. The quantitative estimate of drug-likeness (QED) is 0.596. The van der Waals surface area contributed by atoms with Crippen molar-refractivity contribution in [1.29, 1.82) is 0 Å². The molecule has 0 aromatic heterocycles. The number of benzene rings is 2. The van der Waals surface area contributed by atoms with E-state index in [0.29, 0.717) is 10.5 Å². The highest BCUT2D eigenvalue weighted by atomic mass is 32.1. The van der Waals surface area contributed by atoms with E-state index in [-0.39, 0.29) is 11.1 Å². The summed E-state index contributed by atoms with van der Waals surface area (Å²) in [5, 5.41) is 18.1. The van der Waals surface area contributed by atoms with Crippen LogP contribution in [0.3, 0.4) is 0 Å². The van der Waals surface area contributed by atoms with E-state index >= 15 is 0 Å². The molecule has 0 aliphatic heterocycles. The fourth-order valence-electron chi connectivity index (χ4n) is 2.05. The van der Waals surface area contributed by atoms with Crippen LogP contribution in [0.25, 0.3) is 0 Å². The van der Waals surface area contributed by atoms with Crippen molar-refractivity contribution in [2.75, 3.05) is 0 Å². The number of hydrogen-bond acceptors (Lipinski definition) is 4. The van der Waals surface area contributed by atoms with Crippen LogP contribution < -0.4 is 0 Å². The van der Waals surface area contributed by atoms with Gasteiger partial charge in [-0.2, -0.15) is 0 Å². The van der Waals surface area contributed by atoms with Gasteiger partial charge in [0.25, 0.3) is 0 Å². The number of carbonyl (C=O) groups excluding carboxylic acids is 1. The van der Waals surface area contributed by atoms with Crippen LogP contribution >= 0.6 is 12.6 Å². The lowest BCUT2D eigenvalue weighted by Gasteiger charge is -2.08. The molecule has 0 fully saturated rings. The first-order chi connectivity index (χ1) is 10.3. The van der Waals surface area contributed by atoms with Gasteiger partial charge in [-0.1, -0.05) is 18.2 Å². The maximum Gasteiger partial charge on any atom is 0.336 e. The molecule has 2 aromatic carbocycles. The molecular weight excluding hydrogens is 304 g/mol. The number of aryl methyl sites for hydroxylation is 1. The molecule has 0 unspecified atom stereocenters. The molecule has 0 saturated heterocycles. The van der Waals surface area contributed by atoms with Crippen LogP contribution in [0, 0.1) is 6.92 Å². The molecule has 2 rings (SSSR count). The largest absolute Gasteiger partial charge is 0.478 e. The Bertz CT molecular complexity index is 795. The first kappa shape index (κ1) is 15.8. The minimum atomic E-state index is -1.40. The Morgan fingerprint density at radius 1 is 0.909 bits per heavy atom. The second kappa shape index (κ2) is 6.03. The van der Waals surface area contributed by atoms with Gasteiger partial charge < -0.3 is 10.2 Å². The zero-order chi connectivity index (χ0) is 16.4. The van der Waals surface area contributed by atoms with Crippen molar-refractivity contribution in [3.8, 4) is 0 Å². The third-order valence-electron chi connectivity index (χ3n) is 3.22. The molecule has 0 aliphatic carbocycles. The molecule has 0 heterocycles. The highest BCUT2D eigenvalue weighted by Gasteiger charge is 2.20. The van der Waals surface area contributed by atoms with Crippen LogP contribution in [0.15, 0.2) is 41.3 Å². The van der Waals surface area contributed by atoms with Gasteiger partial charge in [0.1, 0.15) is 0 Å². The molecule has 6 heteroatoms. The van der Waals surface area contributed by atoms with Gasteiger partial charge >= 0.3 is 11.9 Å². The maximum absolute atomic E-state index is 12.5. The van der Waals surface area contributed by atoms with Crippen molar-refractivity contribution >= 4 is 30.4 Å². The predicted octanol–water partition coefficient (Wildman–Crippen LogP) is 2.91. The summed E-state index contributed by atoms with van der Waals surface area (Å²) >= 11 is 4.29. The van der Waals surface area contributed by atoms with E-state index in [2.05, 4.69) is 12.6 Å². The Balaban J connectivity index is 2.56. The van der Waals surface area contributed by atoms with Gasteiger partial charge in [0.2, 0.25) is 0 Å². The van der Waals surface area contributed by atoms with Crippen molar-refractivity contribution < 1.29 is 24.6 Å². The zero-order valence-corrected chi connectivity index (χ0v) is 12.4. The molecule has 2 N–H and O–H groups in total. The highest BCUT2D eigenvalue weighted by molar-refractivity contribution is 7.80. The van der Waals surface area contributed by atoms with Gasteiger partial charge in [-0.25, -0.2) is 9.59 Å². The van der Waals surface area contributed by atoms with Crippen molar-refractivity contribution in [3.05, 3.63) is 64.2 Å². The Labute approximate surface area is 131 Å². The van der Waals surface area contributed by atoms with Crippen molar-refractivity contribution in [3.63, 3.8) is 0 Å². The summed E-state index contributed by atoms with van der Waals surface area (Å²) in [7, 11) is 0. The second-order valence-corrected chi connectivity index (χ2v) is 5.12. The van der Waals surface area contributed by atoms with Crippen LogP contribution in [0.1, 0.15) is 42.2 Å². The molecule has 0 radical (unpaired) electrons. The van der Waals surface area contributed by atoms with Gasteiger partial charge in [0.15, 0.2) is 5.78 Å². The lowest BCUT2D eigenvalue weighted by molar-refractivity contribution is 0.0651. The Hall–Kier alpha value is -2.60. The number of aromatic carboxylic acids is 2. The second-order valence-electron chi connectivity index (χ2n) is 4.67. The predicted molar refractivity (Wildman–Crippen MR) is 82.2 cm³/mol. The normalized spacial score (nSPS) is 10.3. The summed E-state index contributed by atoms with van der Waals surface area (Å²) < 4.78 is 0. The fourth-order valence-corrected chi connectivity index (χ4v) is 2.30. The van der Waals surface area contributed by atoms with Gasteiger partial charge in [-0.15, -0.1) is 12.6 Å². The molecule has 2 aromatic rings. The summed E-state index contributed by atoms with van der Waals surface area (Å²) in [6.07, 6.45) is 0. The lowest BCUT2D eigenvalue weighted by atomic mass is 9.97. The maximum atomic E-state index is 12.5. The van der Waals surface area contributed by atoms with Crippen LogP contribution in [0.4, 0.5) is 0 Å². The lowest BCUT2D eigenvalue weighted by Crippen LogP contribution is -2.11. The average molecular weight is 316 g/mol. The van der Waals surface area contributed by atoms with Crippen molar-refractivity contribution in [2.45, 2.75) is 11.8 Å². The minimum Gasteiger partial charge on any atom is -0.478 e. The van der Waals surface area contributed by atoms with E-state index in [1.54, 1.807) is 25.1 Å². The molecule has 0 amide bonds. The monoisotopic (exact) mass is 316 g/mol. The van der Waals surface area contributed by atoms with E-state index < -0.39 is 23.3 Å². The summed E-state index contributed by atoms with van der Waals surface area (Å²) in [6, 6.07) is 8.58. The molecule has 0 aliphatic rings. The first-order valence-electron chi connectivity index (χ1n) is 6.27. The number of carboxylic acids is 2. The third-order valence-corrected chi connectivity index (χ3v) is 3.82.